The van der Waals surface area contributed by atoms with Gasteiger partial charge < -0.3 is 0 Å². The molecule has 0 aliphatic heterocycles. The third kappa shape index (κ3) is 1.17. The fourth-order valence-corrected chi connectivity index (χ4v) is 0.433. The third-order valence-electron chi connectivity index (χ3n) is 0.689. The zero-order chi connectivity index (χ0) is 5.98. The molecule has 0 amide bonds. The standard InChI is InChI=1S/C5H4ClN2/c1-4-2-8-5(6)3-7-4/h3H,1H3. The molecule has 0 saturated heterocycles. The maximum absolute atomic E-state index is 5.41. The van der Waals surface area contributed by atoms with Gasteiger partial charge in [-0.05, 0) is 6.92 Å². The van der Waals surface area contributed by atoms with Crippen molar-refractivity contribution >= 4 is 11.6 Å². The predicted molar refractivity (Wildman–Crippen MR) is 30.6 cm³/mol. The molecule has 3 heteroatoms. The lowest BCUT2D eigenvalue weighted by atomic mass is 10.5. The van der Waals surface area contributed by atoms with E-state index < -0.39 is 0 Å². The fraction of sp³-hybridized carbons (Fsp3) is 0.200. The number of nitrogens with zero attached hydrogens (tertiary/aromatic N) is 2. The highest BCUT2D eigenvalue weighted by Crippen LogP contribution is 1.98. The zero-order valence-corrected chi connectivity index (χ0v) is 5.11. The number of aryl methyl sites for hydroxylation is 1. The van der Waals surface area contributed by atoms with Crippen LogP contribution >= 0.6 is 11.6 Å². The van der Waals surface area contributed by atoms with Crippen molar-refractivity contribution in [1.29, 1.82) is 0 Å². The van der Waals surface area contributed by atoms with Gasteiger partial charge in [-0.25, -0.2) is 4.98 Å². The molecule has 1 radical (unpaired) electrons. The number of hydrogen-bond donors (Lipinski definition) is 0. The Morgan fingerprint density at radius 3 is 2.88 bits per heavy atom. The van der Waals surface area contributed by atoms with Crippen LogP contribution in [0.2, 0.25) is 5.15 Å². The minimum Gasteiger partial charge on any atom is -0.256 e. The minimum atomic E-state index is 0.385. The van der Waals surface area contributed by atoms with Gasteiger partial charge in [0.2, 0.25) is 0 Å². The fourth-order valence-electron chi connectivity index (χ4n) is 0.342. The second kappa shape index (κ2) is 2.09. The SMILES string of the molecule is Cc1[c]nc(Cl)cn1. The number of halogens is 1. The van der Waals surface area contributed by atoms with Gasteiger partial charge >= 0.3 is 0 Å². The number of rotatable bonds is 0. The second-order valence-electron chi connectivity index (χ2n) is 1.39. The molecule has 8 heavy (non-hydrogen) atoms. The van der Waals surface area contributed by atoms with Gasteiger partial charge in [-0.15, -0.1) is 0 Å². The van der Waals surface area contributed by atoms with Gasteiger partial charge in [-0.3, -0.25) is 4.98 Å². The first-order valence-corrected chi connectivity index (χ1v) is 2.53. The van der Waals surface area contributed by atoms with Crippen LogP contribution in [0.4, 0.5) is 0 Å². The third-order valence-corrected chi connectivity index (χ3v) is 0.871. The monoisotopic (exact) mass is 127 g/mol. The topological polar surface area (TPSA) is 25.8 Å². The molecule has 0 fully saturated rings. The maximum Gasteiger partial charge on any atom is 0.148 e. The van der Waals surface area contributed by atoms with E-state index in [0.717, 1.165) is 5.69 Å². The zero-order valence-electron chi connectivity index (χ0n) is 4.35. The summed E-state index contributed by atoms with van der Waals surface area (Å²) < 4.78 is 0. The molecule has 1 aromatic heterocycles. The van der Waals surface area contributed by atoms with E-state index in [-0.39, 0.29) is 0 Å². The van der Waals surface area contributed by atoms with E-state index >= 15 is 0 Å². The normalized spacial score (nSPS) is 9.25. The molecule has 0 unspecified atom stereocenters. The quantitative estimate of drug-likeness (QED) is 0.524. The van der Waals surface area contributed by atoms with Crippen LogP contribution in [0.3, 0.4) is 0 Å². The number of hydrogen-bond acceptors (Lipinski definition) is 2. The van der Waals surface area contributed by atoms with E-state index in [9.17, 15) is 0 Å². The molecule has 0 spiro atoms. The van der Waals surface area contributed by atoms with E-state index in [4.69, 9.17) is 11.6 Å². The van der Waals surface area contributed by atoms with Crippen molar-refractivity contribution in [3.63, 3.8) is 0 Å². The van der Waals surface area contributed by atoms with Gasteiger partial charge in [0, 0.05) is 0 Å². The molecular weight excluding hydrogens is 124 g/mol. The highest BCUT2D eigenvalue weighted by atomic mass is 35.5. The summed E-state index contributed by atoms with van der Waals surface area (Å²) in [6.45, 7) is 1.81. The van der Waals surface area contributed by atoms with Gasteiger partial charge in [-0.2, -0.15) is 0 Å². The predicted octanol–water partition coefficient (Wildman–Crippen LogP) is 1.24. The van der Waals surface area contributed by atoms with Crippen molar-refractivity contribution in [2.24, 2.45) is 0 Å². The summed E-state index contributed by atoms with van der Waals surface area (Å²) in [5.74, 6) is 0. The summed E-state index contributed by atoms with van der Waals surface area (Å²) in [5.41, 5.74) is 0.759. The molecule has 41 valence electrons. The smallest absolute Gasteiger partial charge is 0.148 e. The highest BCUT2D eigenvalue weighted by Gasteiger charge is 1.85. The Bertz CT molecular complexity index is 149. The average Bonchev–Trinajstić information content (AvgIpc) is 1.77. The minimum absolute atomic E-state index is 0.385. The molecular formula is C5H4ClN2. The van der Waals surface area contributed by atoms with Crippen LogP contribution in [-0.4, -0.2) is 9.97 Å². The van der Waals surface area contributed by atoms with Gasteiger partial charge in [0.15, 0.2) is 0 Å². The Hall–Kier alpha value is -0.630. The molecule has 0 atom stereocenters. The van der Waals surface area contributed by atoms with Crippen LogP contribution in [-0.2, 0) is 0 Å². The van der Waals surface area contributed by atoms with Gasteiger partial charge in [0.1, 0.15) is 11.3 Å². The van der Waals surface area contributed by atoms with Crippen molar-refractivity contribution in [3.8, 4) is 0 Å². The summed E-state index contributed by atoms with van der Waals surface area (Å²) in [7, 11) is 0. The Kier molecular flexibility index (Phi) is 1.44. The summed E-state index contributed by atoms with van der Waals surface area (Å²) >= 11 is 5.41. The van der Waals surface area contributed by atoms with E-state index in [1.54, 1.807) is 0 Å². The van der Waals surface area contributed by atoms with E-state index in [1.807, 2.05) is 6.92 Å². The molecule has 1 rings (SSSR count). The maximum atomic E-state index is 5.41. The van der Waals surface area contributed by atoms with Gasteiger partial charge in [0.05, 0.1) is 11.9 Å². The van der Waals surface area contributed by atoms with E-state index in [1.165, 1.54) is 6.20 Å². The lowest BCUT2D eigenvalue weighted by Crippen LogP contribution is -1.81. The van der Waals surface area contributed by atoms with Gasteiger partial charge in [0.25, 0.3) is 0 Å². The van der Waals surface area contributed by atoms with Crippen LogP contribution in [0.25, 0.3) is 0 Å². The first-order valence-electron chi connectivity index (χ1n) is 2.16. The Labute approximate surface area is 52.5 Å². The van der Waals surface area contributed by atoms with Crippen molar-refractivity contribution in [1.82, 2.24) is 9.97 Å². The van der Waals surface area contributed by atoms with Crippen molar-refractivity contribution in [2.45, 2.75) is 6.92 Å². The van der Waals surface area contributed by atoms with Crippen LogP contribution < -0.4 is 0 Å². The first kappa shape index (κ1) is 5.51. The van der Waals surface area contributed by atoms with Crippen LogP contribution in [0.15, 0.2) is 6.20 Å². The van der Waals surface area contributed by atoms with Crippen molar-refractivity contribution < 1.29 is 0 Å². The van der Waals surface area contributed by atoms with E-state index in [2.05, 4.69) is 16.2 Å². The first-order chi connectivity index (χ1) is 3.79. The molecule has 0 aliphatic carbocycles. The summed E-state index contributed by atoms with van der Waals surface area (Å²) in [4.78, 5) is 7.49. The number of aromatic nitrogens is 2. The van der Waals surface area contributed by atoms with Crippen LogP contribution in [0, 0.1) is 13.1 Å². The Morgan fingerprint density at radius 1 is 1.75 bits per heavy atom. The molecule has 0 aliphatic rings. The molecule has 0 bridgehead atoms. The summed E-state index contributed by atoms with van der Waals surface area (Å²) in [6.07, 6.45) is 4.10. The van der Waals surface area contributed by atoms with Gasteiger partial charge in [-0.1, -0.05) is 11.6 Å². The molecule has 0 saturated carbocycles. The summed E-state index contributed by atoms with van der Waals surface area (Å²) in [5, 5.41) is 0.385. The molecule has 0 N–H and O–H groups in total. The molecule has 2 nitrogen and oxygen atoms in total. The largest absolute Gasteiger partial charge is 0.256 e. The second-order valence-corrected chi connectivity index (χ2v) is 1.78. The lowest BCUT2D eigenvalue weighted by Gasteiger charge is -1.85. The summed E-state index contributed by atoms with van der Waals surface area (Å²) in [6, 6.07) is 0. The van der Waals surface area contributed by atoms with E-state index in [0.29, 0.717) is 5.15 Å². The lowest BCUT2D eigenvalue weighted by molar-refractivity contribution is 1.11. The molecule has 0 aromatic carbocycles. The Balaban J connectivity index is 3.03. The van der Waals surface area contributed by atoms with Crippen molar-refractivity contribution in [2.75, 3.05) is 0 Å². The van der Waals surface area contributed by atoms with Crippen LogP contribution in [0.1, 0.15) is 5.69 Å². The highest BCUT2D eigenvalue weighted by molar-refractivity contribution is 6.29. The Morgan fingerprint density at radius 2 is 2.50 bits per heavy atom. The average molecular weight is 128 g/mol. The van der Waals surface area contributed by atoms with Crippen molar-refractivity contribution in [3.05, 3.63) is 23.2 Å². The van der Waals surface area contributed by atoms with Crippen LogP contribution in [0.5, 0.6) is 0 Å². The molecule has 1 aromatic rings. The molecule has 1 heterocycles.